The fourth-order valence-corrected chi connectivity index (χ4v) is 1.17. The predicted octanol–water partition coefficient (Wildman–Crippen LogP) is 0.847. The Hall–Kier alpha value is -0.970. The first-order valence-electron chi connectivity index (χ1n) is 3.09. The Morgan fingerprint density at radius 1 is 1.64 bits per heavy atom. The van der Waals surface area contributed by atoms with E-state index in [2.05, 4.69) is 5.32 Å². The van der Waals surface area contributed by atoms with Crippen LogP contribution in [0.1, 0.15) is 6.92 Å². The third kappa shape index (κ3) is 1.98. The molecule has 1 rings (SSSR count). The van der Waals surface area contributed by atoms with Crippen molar-refractivity contribution >= 4 is 22.9 Å². The Labute approximate surface area is 68.0 Å². The molecule has 11 heavy (non-hydrogen) atoms. The summed E-state index contributed by atoms with van der Waals surface area (Å²) in [6.07, 6.45) is 1.30. The molecule has 0 atom stereocenters. The molecule has 1 heterocycles. The smallest absolute Gasteiger partial charge is 0.291 e. The van der Waals surface area contributed by atoms with Gasteiger partial charge in [0.25, 0.3) is 11.1 Å². The van der Waals surface area contributed by atoms with Crippen LogP contribution in [-0.2, 0) is 9.53 Å². The molecule has 1 N–H and O–H groups in total. The van der Waals surface area contributed by atoms with Crippen molar-refractivity contribution in [2.45, 2.75) is 6.92 Å². The van der Waals surface area contributed by atoms with Crippen molar-refractivity contribution in [2.24, 2.45) is 0 Å². The molecule has 1 saturated heterocycles. The summed E-state index contributed by atoms with van der Waals surface area (Å²) in [5.74, 6) is -0.381. The Morgan fingerprint density at radius 3 is 2.82 bits per heavy atom. The van der Waals surface area contributed by atoms with Crippen LogP contribution in [0.5, 0.6) is 0 Å². The van der Waals surface area contributed by atoms with Crippen LogP contribution < -0.4 is 5.32 Å². The van der Waals surface area contributed by atoms with E-state index in [4.69, 9.17) is 4.74 Å². The van der Waals surface area contributed by atoms with E-state index in [0.717, 1.165) is 11.8 Å². The number of rotatable bonds is 2. The van der Waals surface area contributed by atoms with Gasteiger partial charge in [-0.05, 0) is 18.7 Å². The zero-order valence-corrected chi connectivity index (χ0v) is 6.73. The van der Waals surface area contributed by atoms with Gasteiger partial charge in [-0.25, -0.2) is 0 Å². The zero-order chi connectivity index (χ0) is 8.27. The molecule has 0 unspecified atom stereocenters. The Kier molecular flexibility index (Phi) is 2.53. The number of nitrogens with one attached hydrogen (secondary N) is 1. The van der Waals surface area contributed by atoms with Crippen LogP contribution in [0.2, 0.25) is 0 Å². The van der Waals surface area contributed by atoms with E-state index < -0.39 is 0 Å². The lowest BCUT2D eigenvalue weighted by Gasteiger charge is -1.92. The Bertz CT molecular complexity index is 224. The number of thioether (sulfide) groups is 1. The Balaban J connectivity index is 2.59. The summed E-state index contributed by atoms with van der Waals surface area (Å²) in [7, 11) is 0. The quantitative estimate of drug-likeness (QED) is 0.496. The van der Waals surface area contributed by atoms with Gasteiger partial charge in [0.05, 0.1) is 6.61 Å². The standard InChI is InChI=1S/C6H7NO3S/c1-2-10-3-4-5(8)7-6(9)11-4/h3H,2H2,1H3,(H,7,8,9)/b4-3-. The first-order valence-corrected chi connectivity index (χ1v) is 3.90. The van der Waals surface area contributed by atoms with Crippen LogP contribution in [0, 0.1) is 0 Å². The van der Waals surface area contributed by atoms with E-state index in [-0.39, 0.29) is 11.1 Å². The maximum absolute atomic E-state index is 10.8. The molecule has 60 valence electrons. The molecule has 0 aromatic rings. The van der Waals surface area contributed by atoms with Gasteiger partial charge in [-0.15, -0.1) is 0 Å². The van der Waals surface area contributed by atoms with Gasteiger partial charge in [-0.1, -0.05) is 0 Å². The number of carbonyl (C=O) groups excluding carboxylic acids is 2. The van der Waals surface area contributed by atoms with E-state index in [1.807, 2.05) is 0 Å². The molecular weight excluding hydrogens is 166 g/mol. The zero-order valence-electron chi connectivity index (χ0n) is 5.92. The summed E-state index contributed by atoms with van der Waals surface area (Å²) in [5.41, 5.74) is 0. The molecule has 5 heteroatoms. The fourth-order valence-electron chi connectivity index (χ4n) is 0.563. The lowest BCUT2D eigenvalue weighted by atomic mass is 10.6. The van der Waals surface area contributed by atoms with Crippen LogP contribution in [0.25, 0.3) is 0 Å². The van der Waals surface area contributed by atoms with E-state index in [0.29, 0.717) is 11.5 Å². The molecule has 0 aromatic carbocycles. The third-order valence-electron chi connectivity index (χ3n) is 0.999. The lowest BCUT2D eigenvalue weighted by molar-refractivity contribution is -0.115. The summed E-state index contributed by atoms with van der Waals surface area (Å²) >= 11 is 0.850. The molecule has 1 fully saturated rings. The number of carbonyl (C=O) groups is 2. The second-order valence-electron chi connectivity index (χ2n) is 1.78. The average Bonchev–Trinajstić information content (AvgIpc) is 2.26. The van der Waals surface area contributed by atoms with Gasteiger partial charge >= 0.3 is 0 Å². The minimum Gasteiger partial charge on any atom is -0.500 e. The van der Waals surface area contributed by atoms with Gasteiger partial charge in [0.15, 0.2) is 0 Å². The van der Waals surface area contributed by atoms with E-state index in [9.17, 15) is 9.59 Å². The Morgan fingerprint density at radius 2 is 2.36 bits per heavy atom. The normalized spacial score (nSPS) is 20.6. The van der Waals surface area contributed by atoms with E-state index in [1.54, 1.807) is 6.92 Å². The maximum atomic E-state index is 10.8. The fraction of sp³-hybridized carbons (Fsp3) is 0.333. The molecule has 1 aliphatic rings. The summed E-state index contributed by atoms with van der Waals surface area (Å²) in [6, 6.07) is 0. The first-order chi connectivity index (χ1) is 5.24. The number of imide groups is 1. The highest BCUT2D eigenvalue weighted by molar-refractivity contribution is 8.18. The molecule has 0 aliphatic carbocycles. The lowest BCUT2D eigenvalue weighted by Crippen LogP contribution is -2.17. The van der Waals surface area contributed by atoms with Crippen molar-refractivity contribution in [3.05, 3.63) is 11.2 Å². The van der Waals surface area contributed by atoms with E-state index in [1.165, 1.54) is 6.26 Å². The molecule has 2 amide bonds. The van der Waals surface area contributed by atoms with Crippen molar-refractivity contribution < 1.29 is 14.3 Å². The van der Waals surface area contributed by atoms with Crippen LogP contribution in [0.15, 0.2) is 11.2 Å². The first kappa shape index (κ1) is 8.13. The van der Waals surface area contributed by atoms with Crippen molar-refractivity contribution in [2.75, 3.05) is 6.61 Å². The molecule has 0 saturated carbocycles. The van der Waals surface area contributed by atoms with Crippen molar-refractivity contribution in [3.63, 3.8) is 0 Å². The summed E-state index contributed by atoms with van der Waals surface area (Å²) in [4.78, 5) is 21.7. The highest BCUT2D eigenvalue weighted by Crippen LogP contribution is 2.22. The van der Waals surface area contributed by atoms with Gasteiger partial charge in [0.2, 0.25) is 0 Å². The van der Waals surface area contributed by atoms with Gasteiger partial charge in [-0.2, -0.15) is 0 Å². The molecule has 0 spiro atoms. The number of hydrogen-bond acceptors (Lipinski definition) is 4. The van der Waals surface area contributed by atoms with Gasteiger partial charge in [0.1, 0.15) is 11.2 Å². The summed E-state index contributed by atoms with van der Waals surface area (Å²) in [5, 5.41) is 1.77. The van der Waals surface area contributed by atoms with Gasteiger partial charge in [-0.3, -0.25) is 14.9 Å². The highest BCUT2D eigenvalue weighted by Gasteiger charge is 2.25. The molecular formula is C6H7NO3S. The number of amides is 2. The summed E-state index contributed by atoms with van der Waals surface area (Å²) < 4.78 is 4.84. The summed E-state index contributed by atoms with van der Waals surface area (Å²) in [6.45, 7) is 2.29. The number of hydrogen-bond donors (Lipinski definition) is 1. The SMILES string of the molecule is CCO/C=C1\SC(=O)NC1=O. The second-order valence-corrected chi connectivity index (χ2v) is 2.80. The van der Waals surface area contributed by atoms with Gasteiger partial charge < -0.3 is 4.74 Å². The topological polar surface area (TPSA) is 55.4 Å². The maximum Gasteiger partial charge on any atom is 0.291 e. The van der Waals surface area contributed by atoms with Crippen LogP contribution in [-0.4, -0.2) is 17.8 Å². The van der Waals surface area contributed by atoms with E-state index >= 15 is 0 Å². The van der Waals surface area contributed by atoms with Crippen molar-refractivity contribution in [3.8, 4) is 0 Å². The minimum absolute atomic E-state index is 0.317. The minimum atomic E-state index is -0.381. The molecule has 0 bridgehead atoms. The molecule has 0 aromatic heterocycles. The van der Waals surface area contributed by atoms with Crippen molar-refractivity contribution in [1.82, 2.24) is 5.32 Å². The monoisotopic (exact) mass is 173 g/mol. The molecule has 0 radical (unpaired) electrons. The second kappa shape index (κ2) is 3.43. The predicted molar refractivity (Wildman–Crippen MR) is 40.8 cm³/mol. The molecule has 1 aliphatic heterocycles. The van der Waals surface area contributed by atoms with Gasteiger partial charge in [0, 0.05) is 0 Å². The average molecular weight is 173 g/mol. The van der Waals surface area contributed by atoms with Crippen molar-refractivity contribution in [1.29, 1.82) is 0 Å². The third-order valence-corrected chi connectivity index (χ3v) is 1.79. The van der Waals surface area contributed by atoms with Crippen LogP contribution >= 0.6 is 11.8 Å². The largest absolute Gasteiger partial charge is 0.500 e. The van der Waals surface area contributed by atoms with Crippen LogP contribution in [0.3, 0.4) is 0 Å². The number of ether oxygens (including phenoxy) is 1. The highest BCUT2D eigenvalue weighted by atomic mass is 32.2. The molecule has 4 nitrogen and oxygen atoms in total. The van der Waals surface area contributed by atoms with Crippen LogP contribution in [0.4, 0.5) is 4.79 Å².